The van der Waals surface area contributed by atoms with E-state index in [0.717, 1.165) is 12.1 Å². The number of nitrogens with two attached hydrogens (primary N) is 1. The number of ether oxygens (including phenoxy) is 1. The molecular weight excluding hydrogens is 282 g/mol. The smallest absolute Gasteiger partial charge is 0.247 e. The molecule has 3 N–H and O–H groups in total. The maximum Gasteiger partial charge on any atom is 0.247 e. The number of halogens is 3. The molecule has 1 aliphatic rings. The van der Waals surface area contributed by atoms with Crippen LogP contribution in [0.4, 0.5) is 10.1 Å². The Morgan fingerprint density at radius 3 is 2.56 bits per heavy atom. The Morgan fingerprint density at radius 1 is 1.44 bits per heavy atom. The summed E-state index contributed by atoms with van der Waals surface area (Å²) in [4.78, 5) is 12.0. The van der Waals surface area contributed by atoms with Gasteiger partial charge in [-0.25, -0.2) is 4.39 Å². The van der Waals surface area contributed by atoms with Crippen molar-refractivity contribution >= 4 is 34.8 Å². The topological polar surface area (TPSA) is 64.4 Å². The summed E-state index contributed by atoms with van der Waals surface area (Å²) in [6.07, 6.45) is 0.412. The minimum absolute atomic E-state index is 0.0239. The van der Waals surface area contributed by atoms with Crippen LogP contribution >= 0.6 is 23.2 Å². The molecule has 98 valence electrons. The zero-order chi connectivity index (χ0) is 13.3. The lowest BCUT2D eigenvalue weighted by atomic mass is 9.99. The summed E-state index contributed by atoms with van der Waals surface area (Å²) in [5, 5.41) is 2.56. The molecule has 4 nitrogen and oxygen atoms in total. The van der Waals surface area contributed by atoms with Crippen molar-refractivity contribution in [1.82, 2.24) is 0 Å². The summed E-state index contributed by atoms with van der Waals surface area (Å²) in [5.74, 6) is -1.02. The quantitative estimate of drug-likeness (QED) is 0.878. The third kappa shape index (κ3) is 2.59. The van der Waals surface area contributed by atoms with E-state index in [1.54, 1.807) is 0 Å². The summed E-state index contributed by atoms with van der Waals surface area (Å²) in [6, 6.07) is 2.13. The Labute approximate surface area is 113 Å². The molecule has 2 rings (SSSR count). The van der Waals surface area contributed by atoms with Crippen molar-refractivity contribution in [3.8, 4) is 0 Å². The third-order valence-electron chi connectivity index (χ3n) is 2.75. The van der Waals surface area contributed by atoms with E-state index in [2.05, 4.69) is 5.32 Å². The standard InChI is InChI=1S/C11H11Cl2FN2O2/c12-7-3-6(14)4-8(13)9(7)16-10(17)11(15)1-2-18-5-11/h3-4H,1-2,5,15H2,(H,16,17). The summed E-state index contributed by atoms with van der Waals surface area (Å²) in [6.45, 7) is 0.560. The van der Waals surface area contributed by atoms with Crippen LogP contribution in [0.15, 0.2) is 12.1 Å². The molecule has 0 bridgehead atoms. The van der Waals surface area contributed by atoms with Gasteiger partial charge in [-0.2, -0.15) is 0 Å². The van der Waals surface area contributed by atoms with Crippen molar-refractivity contribution in [3.05, 3.63) is 28.0 Å². The highest BCUT2D eigenvalue weighted by atomic mass is 35.5. The summed E-state index contributed by atoms with van der Waals surface area (Å²) in [7, 11) is 0. The molecule has 1 heterocycles. The van der Waals surface area contributed by atoms with E-state index in [9.17, 15) is 9.18 Å². The first-order chi connectivity index (χ1) is 8.42. The van der Waals surface area contributed by atoms with Crippen molar-refractivity contribution in [2.24, 2.45) is 5.73 Å². The second-order valence-corrected chi connectivity index (χ2v) is 4.97. The van der Waals surface area contributed by atoms with Crippen molar-refractivity contribution in [3.63, 3.8) is 0 Å². The first-order valence-electron chi connectivity index (χ1n) is 5.25. The van der Waals surface area contributed by atoms with Gasteiger partial charge in [0.25, 0.3) is 0 Å². The van der Waals surface area contributed by atoms with Gasteiger partial charge in [0.15, 0.2) is 0 Å². The van der Waals surface area contributed by atoms with E-state index in [1.165, 1.54) is 0 Å². The van der Waals surface area contributed by atoms with E-state index >= 15 is 0 Å². The van der Waals surface area contributed by atoms with Gasteiger partial charge in [0.2, 0.25) is 5.91 Å². The number of hydrogen-bond acceptors (Lipinski definition) is 3. The lowest BCUT2D eigenvalue weighted by Gasteiger charge is -2.21. The van der Waals surface area contributed by atoms with Crippen LogP contribution in [0.1, 0.15) is 6.42 Å². The first-order valence-corrected chi connectivity index (χ1v) is 6.00. The lowest BCUT2D eigenvalue weighted by Crippen LogP contribution is -2.51. The van der Waals surface area contributed by atoms with Crippen molar-refractivity contribution in [2.75, 3.05) is 18.5 Å². The molecule has 0 spiro atoms. The van der Waals surface area contributed by atoms with E-state index < -0.39 is 17.3 Å². The molecule has 18 heavy (non-hydrogen) atoms. The lowest BCUT2D eigenvalue weighted by molar-refractivity contribution is -0.121. The van der Waals surface area contributed by atoms with E-state index in [-0.39, 0.29) is 22.3 Å². The average molecular weight is 293 g/mol. The Morgan fingerprint density at radius 2 is 2.06 bits per heavy atom. The summed E-state index contributed by atoms with van der Waals surface area (Å²) in [5.41, 5.74) is 4.94. The fourth-order valence-corrected chi connectivity index (χ4v) is 2.21. The molecule has 0 aliphatic carbocycles. The van der Waals surface area contributed by atoms with Gasteiger partial charge in [-0.3, -0.25) is 4.79 Å². The Hall–Kier alpha value is -0.880. The van der Waals surface area contributed by atoms with Gasteiger partial charge in [0.05, 0.1) is 22.3 Å². The van der Waals surface area contributed by atoms with Crippen molar-refractivity contribution in [2.45, 2.75) is 12.0 Å². The van der Waals surface area contributed by atoms with Gasteiger partial charge in [-0.15, -0.1) is 0 Å². The highest BCUT2D eigenvalue weighted by Crippen LogP contribution is 2.32. The first kappa shape index (κ1) is 13.5. The van der Waals surface area contributed by atoms with Gasteiger partial charge in [0.1, 0.15) is 11.4 Å². The van der Waals surface area contributed by atoms with Gasteiger partial charge >= 0.3 is 0 Å². The number of carbonyl (C=O) groups is 1. The molecule has 1 fully saturated rings. The minimum atomic E-state index is -1.10. The monoisotopic (exact) mass is 292 g/mol. The molecule has 1 aliphatic heterocycles. The predicted molar refractivity (Wildman–Crippen MR) is 67.4 cm³/mol. The molecular formula is C11H11Cl2FN2O2. The Kier molecular flexibility index (Phi) is 3.77. The zero-order valence-corrected chi connectivity index (χ0v) is 10.8. The molecule has 1 atom stereocenters. The molecule has 0 radical (unpaired) electrons. The number of nitrogens with one attached hydrogen (secondary N) is 1. The number of hydrogen-bond donors (Lipinski definition) is 2. The normalized spacial score (nSPS) is 23.1. The molecule has 1 aromatic rings. The van der Waals surface area contributed by atoms with Gasteiger partial charge in [0, 0.05) is 6.61 Å². The number of carbonyl (C=O) groups excluding carboxylic acids is 1. The fraction of sp³-hybridized carbons (Fsp3) is 0.364. The van der Waals surface area contributed by atoms with Crippen LogP contribution in [-0.2, 0) is 9.53 Å². The van der Waals surface area contributed by atoms with Crippen LogP contribution in [-0.4, -0.2) is 24.7 Å². The maximum atomic E-state index is 13.0. The Balaban J connectivity index is 2.22. The van der Waals surface area contributed by atoms with Crippen LogP contribution < -0.4 is 11.1 Å². The predicted octanol–water partition coefficient (Wildman–Crippen LogP) is 2.19. The number of anilines is 1. The molecule has 1 aromatic carbocycles. The minimum Gasteiger partial charge on any atom is -0.379 e. The summed E-state index contributed by atoms with van der Waals surface area (Å²) < 4.78 is 18.1. The van der Waals surface area contributed by atoms with Crippen LogP contribution in [0.25, 0.3) is 0 Å². The second kappa shape index (κ2) is 5.01. The third-order valence-corrected chi connectivity index (χ3v) is 3.35. The van der Waals surface area contributed by atoms with Gasteiger partial charge in [-0.1, -0.05) is 23.2 Å². The fourth-order valence-electron chi connectivity index (χ4n) is 1.66. The highest BCUT2D eigenvalue weighted by Gasteiger charge is 2.38. The van der Waals surface area contributed by atoms with E-state index in [0.29, 0.717) is 13.0 Å². The van der Waals surface area contributed by atoms with Crippen LogP contribution in [0.5, 0.6) is 0 Å². The van der Waals surface area contributed by atoms with Crippen molar-refractivity contribution in [1.29, 1.82) is 0 Å². The molecule has 1 unspecified atom stereocenters. The number of benzene rings is 1. The van der Waals surface area contributed by atoms with E-state index in [4.69, 9.17) is 33.7 Å². The average Bonchev–Trinajstić information content (AvgIpc) is 2.71. The molecule has 1 saturated heterocycles. The maximum absolute atomic E-state index is 13.0. The van der Waals surface area contributed by atoms with E-state index in [1.807, 2.05) is 0 Å². The van der Waals surface area contributed by atoms with Gasteiger partial charge < -0.3 is 15.8 Å². The van der Waals surface area contributed by atoms with Crippen LogP contribution in [0.2, 0.25) is 10.0 Å². The van der Waals surface area contributed by atoms with Crippen LogP contribution in [0, 0.1) is 5.82 Å². The zero-order valence-electron chi connectivity index (χ0n) is 9.30. The molecule has 0 saturated carbocycles. The molecule has 1 amide bonds. The SMILES string of the molecule is NC1(C(=O)Nc2c(Cl)cc(F)cc2Cl)CCOC1. The number of rotatable bonds is 2. The van der Waals surface area contributed by atoms with Gasteiger partial charge in [-0.05, 0) is 18.6 Å². The number of amides is 1. The summed E-state index contributed by atoms with van der Waals surface area (Å²) >= 11 is 11.6. The Bertz CT molecular complexity index is 467. The largest absolute Gasteiger partial charge is 0.379 e. The second-order valence-electron chi connectivity index (χ2n) is 4.16. The highest BCUT2D eigenvalue weighted by molar-refractivity contribution is 6.39. The van der Waals surface area contributed by atoms with Crippen molar-refractivity contribution < 1.29 is 13.9 Å². The molecule has 7 heteroatoms. The molecule has 0 aromatic heterocycles. The van der Waals surface area contributed by atoms with Crippen LogP contribution in [0.3, 0.4) is 0 Å².